The van der Waals surface area contributed by atoms with Crippen molar-refractivity contribution in [3.8, 4) is 0 Å². The highest BCUT2D eigenvalue weighted by molar-refractivity contribution is 7.14. The molecule has 0 aliphatic heterocycles. The molecule has 3 unspecified atom stereocenters. The monoisotopic (exact) mass is 310 g/mol. The Morgan fingerprint density at radius 1 is 1.38 bits per heavy atom. The van der Waals surface area contributed by atoms with E-state index >= 15 is 0 Å². The number of carbonyl (C=O) groups excluding carboxylic acids is 2. The van der Waals surface area contributed by atoms with Crippen LogP contribution in [0.5, 0.6) is 0 Å². The number of amides is 2. The largest absolute Gasteiger partial charge is 0.481 e. The van der Waals surface area contributed by atoms with Crippen LogP contribution in [0.1, 0.15) is 36.5 Å². The maximum absolute atomic E-state index is 12.3. The zero-order chi connectivity index (χ0) is 15.6. The highest BCUT2D eigenvalue weighted by atomic mass is 32.1. The fourth-order valence-electron chi connectivity index (χ4n) is 2.84. The van der Waals surface area contributed by atoms with Crippen molar-refractivity contribution in [1.29, 1.82) is 0 Å². The van der Waals surface area contributed by atoms with Gasteiger partial charge >= 0.3 is 5.97 Å². The van der Waals surface area contributed by atoms with Crippen LogP contribution in [0.15, 0.2) is 11.4 Å². The number of anilines is 1. The predicted octanol–water partition coefficient (Wildman–Crippen LogP) is 1.92. The minimum atomic E-state index is -0.938. The standard InChI is InChI=1S/C14H18N2O4S/c1-2-7-5-9(10(6-7)14(19)20)12(18)16-13-8(11(15)17)3-4-21-13/h3-4,7,9-10H,2,5-6H2,1H3,(H2,15,17)(H,16,18)(H,19,20). The molecule has 1 saturated carbocycles. The lowest BCUT2D eigenvalue weighted by molar-refractivity contribution is -0.145. The van der Waals surface area contributed by atoms with Gasteiger partial charge in [-0.3, -0.25) is 14.4 Å². The molecule has 21 heavy (non-hydrogen) atoms. The Morgan fingerprint density at radius 2 is 2.05 bits per heavy atom. The maximum atomic E-state index is 12.3. The molecule has 0 radical (unpaired) electrons. The topological polar surface area (TPSA) is 109 Å². The van der Waals surface area contributed by atoms with E-state index in [2.05, 4.69) is 5.32 Å². The summed E-state index contributed by atoms with van der Waals surface area (Å²) in [6, 6.07) is 1.54. The number of carboxylic acids is 1. The van der Waals surface area contributed by atoms with Crippen molar-refractivity contribution in [2.24, 2.45) is 23.5 Å². The van der Waals surface area contributed by atoms with Gasteiger partial charge < -0.3 is 16.2 Å². The summed E-state index contributed by atoms with van der Waals surface area (Å²) < 4.78 is 0. The first-order valence-electron chi connectivity index (χ1n) is 6.85. The van der Waals surface area contributed by atoms with E-state index in [0.717, 1.165) is 6.42 Å². The van der Waals surface area contributed by atoms with Gasteiger partial charge in [-0.1, -0.05) is 13.3 Å². The second kappa shape index (κ2) is 6.26. The molecule has 2 amide bonds. The lowest BCUT2D eigenvalue weighted by atomic mass is 9.95. The Kier molecular flexibility index (Phi) is 4.62. The smallest absolute Gasteiger partial charge is 0.307 e. The van der Waals surface area contributed by atoms with Crippen molar-refractivity contribution >= 4 is 34.1 Å². The van der Waals surface area contributed by atoms with E-state index in [4.69, 9.17) is 5.73 Å². The minimum Gasteiger partial charge on any atom is -0.481 e. The third-order valence-electron chi connectivity index (χ3n) is 4.06. The van der Waals surface area contributed by atoms with Crippen molar-refractivity contribution in [2.45, 2.75) is 26.2 Å². The van der Waals surface area contributed by atoms with Gasteiger partial charge in [0, 0.05) is 0 Å². The summed E-state index contributed by atoms with van der Waals surface area (Å²) in [5, 5.41) is 14.0. The quantitative estimate of drug-likeness (QED) is 0.771. The van der Waals surface area contributed by atoms with E-state index in [0.29, 0.717) is 17.8 Å². The Morgan fingerprint density at radius 3 is 2.62 bits per heavy atom. The molecular weight excluding hydrogens is 292 g/mol. The Bertz CT molecular complexity index is 569. The van der Waals surface area contributed by atoms with Gasteiger partial charge in [0.2, 0.25) is 5.91 Å². The van der Waals surface area contributed by atoms with Gasteiger partial charge in [-0.25, -0.2) is 0 Å². The van der Waals surface area contributed by atoms with Crippen LogP contribution in [0.3, 0.4) is 0 Å². The highest BCUT2D eigenvalue weighted by Gasteiger charge is 2.42. The molecule has 6 nitrogen and oxygen atoms in total. The Balaban J connectivity index is 2.13. The van der Waals surface area contributed by atoms with Crippen molar-refractivity contribution in [1.82, 2.24) is 0 Å². The van der Waals surface area contributed by atoms with E-state index in [1.807, 2.05) is 6.92 Å². The van der Waals surface area contributed by atoms with Crippen molar-refractivity contribution in [2.75, 3.05) is 5.32 Å². The van der Waals surface area contributed by atoms with E-state index in [9.17, 15) is 19.5 Å². The molecule has 2 rings (SSSR count). The molecule has 4 N–H and O–H groups in total. The summed E-state index contributed by atoms with van der Waals surface area (Å²) in [4.78, 5) is 34.9. The van der Waals surface area contributed by atoms with E-state index in [1.54, 1.807) is 11.4 Å². The number of hydrogen-bond donors (Lipinski definition) is 3. The van der Waals surface area contributed by atoms with Crippen LogP contribution in [0.4, 0.5) is 5.00 Å². The molecule has 114 valence electrons. The number of rotatable bonds is 5. The fraction of sp³-hybridized carbons (Fsp3) is 0.500. The van der Waals surface area contributed by atoms with Gasteiger partial charge in [-0.05, 0) is 30.2 Å². The highest BCUT2D eigenvalue weighted by Crippen LogP contribution is 2.39. The van der Waals surface area contributed by atoms with Gasteiger partial charge in [0.05, 0.1) is 17.4 Å². The van der Waals surface area contributed by atoms with Crippen molar-refractivity contribution < 1.29 is 19.5 Å². The number of aliphatic carboxylic acids is 1. The molecule has 0 saturated heterocycles. The van der Waals surface area contributed by atoms with Gasteiger partial charge in [0.15, 0.2) is 0 Å². The predicted molar refractivity (Wildman–Crippen MR) is 79.1 cm³/mol. The average molecular weight is 310 g/mol. The van der Waals surface area contributed by atoms with E-state index in [-0.39, 0.29) is 17.4 Å². The number of thiophene rings is 1. The third-order valence-corrected chi connectivity index (χ3v) is 4.89. The Labute approximate surface area is 126 Å². The molecule has 1 heterocycles. The van der Waals surface area contributed by atoms with Crippen LogP contribution >= 0.6 is 11.3 Å². The number of carboxylic acid groups (broad SMARTS) is 1. The number of hydrogen-bond acceptors (Lipinski definition) is 4. The summed E-state index contributed by atoms with van der Waals surface area (Å²) >= 11 is 1.20. The fourth-order valence-corrected chi connectivity index (χ4v) is 3.64. The first-order valence-corrected chi connectivity index (χ1v) is 7.73. The SMILES string of the molecule is CCC1CC(C(=O)O)C(C(=O)Nc2sccc2C(N)=O)C1. The normalized spacial score (nSPS) is 24.7. The van der Waals surface area contributed by atoms with Crippen LogP contribution in [0.25, 0.3) is 0 Å². The molecule has 0 spiro atoms. The molecule has 1 aliphatic carbocycles. The number of nitrogens with two attached hydrogens (primary N) is 1. The molecule has 0 bridgehead atoms. The molecule has 0 aromatic carbocycles. The summed E-state index contributed by atoms with van der Waals surface area (Å²) in [5.74, 6) is -2.86. The summed E-state index contributed by atoms with van der Waals surface area (Å²) in [6.45, 7) is 1.99. The lowest BCUT2D eigenvalue weighted by Crippen LogP contribution is -2.30. The van der Waals surface area contributed by atoms with Gasteiger partial charge in [0.25, 0.3) is 5.91 Å². The van der Waals surface area contributed by atoms with Gasteiger partial charge in [-0.2, -0.15) is 0 Å². The molecule has 7 heteroatoms. The lowest BCUT2D eigenvalue weighted by Gasteiger charge is -2.15. The number of primary amides is 1. The van der Waals surface area contributed by atoms with Crippen LogP contribution in [0.2, 0.25) is 0 Å². The molecule has 1 aliphatic rings. The van der Waals surface area contributed by atoms with Crippen LogP contribution < -0.4 is 11.1 Å². The zero-order valence-electron chi connectivity index (χ0n) is 11.7. The van der Waals surface area contributed by atoms with Crippen LogP contribution in [0, 0.1) is 17.8 Å². The number of carbonyl (C=O) groups is 3. The van der Waals surface area contributed by atoms with Crippen molar-refractivity contribution in [3.63, 3.8) is 0 Å². The number of nitrogens with one attached hydrogen (secondary N) is 1. The van der Waals surface area contributed by atoms with Crippen LogP contribution in [-0.2, 0) is 9.59 Å². The Hall–Kier alpha value is -1.89. The van der Waals surface area contributed by atoms with Crippen LogP contribution in [-0.4, -0.2) is 22.9 Å². The second-order valence-electron chi connectivity index (χ2n) is 5.31. The molecule has 1 fully saturated rings. The summed E-state index contributed by atoms with van der Waals surface area (Å²) in [7, 11) is 0. The average Bonchev–Trinajstić information content (AvgIpc) is 3.04. The summed E-state index contributed by atoms with van der Waals surface area (Å²) in [5.41, 5.74) is 5.48. The zero-order valence-corrected chi connectivity index (χ0v) is 12.5. The summed E-state index contributed by atoms with van der Waals surface area (Å²) in [6.07, 6.45) is 1.95. The van der Waals surface area contributed by atoms with Crippen molar-refractivity contribution in [3.05, 3.63) is 17.0 Å². The first-order chi connectivity index (χ1) is 9.93. The van der Waals surface area contributed by atoms with E-state index in [1.165, 1.54) is 11.3 Å². The van der Waals surface area contributed by atoms with Gasteiger partial charge in [-0.15, -0.1) is 11.3 Å². The molecule has 1 aromatic heterocycles. The minimum absolute atomic E-state index is 0.251. The molecular formula is C14H18N2O4S. The van der Waals surface area contributed by atoms with E-state index < -0.39 is 23.7 Å². The molecule has 1 aromatic rings. The maximum Gasteiger partial charge on any atom is 0.307 e. The third kappa shape index (κ3) is 3.24. The second-order valence-corrected chi connectivity index (χ2v) is 6.23. The van der Waals surface area contributed by atoms with Gasteiger partial charge in [0.1, 0.15) is 5.00 Å². The first kappa shape index (κ1) is 15.5. The molecule has 3 atom stereocenters.